The molecule has 4 nitrogen and oxygen atoms in total. The largest absolute Gasteiger partial charge is 0.468 e. The fourth-order valence-corrected chi connectivity index (χ4v) is 8.93. The Labute approximate surface area is 117 Å². The van der Waals surface area contributed by atoms with E-state index in [0.717, 1.165) is 23.7 Å². The number of hydrogen-bond acceptors (Lipinski definition) is 4. The zero-order valence-electron chi connectivity index (χ0n) is 11.6. The van der Waals surface area contributed by atoms with Crippen molar-refractivity contribution in [1.82, 2.24) is 0 Å². The lowest BCUT2D eigenvalue weighted by molar-refractivity contribution is -0.174. The second kappa shape index (κ2) is 2.67. The van der Waals surface area contributed by atoms with Crippen LogP contribution in [0.4, 0.5) is 0 Å². The summed E-state index contributed by atoms with van der Waals surface area (Å²) in [5.74, 6) is 5.64. The number of carbonyl (C=O) groups is 2. The molecule has 0 amide bonds. The standard InChI is InChI=1S/C16H18O4/c1-19-14(17)16(15(18)20-2)12-8-4-3-5-7-6(4)10(12)11(7)13(16)9(5)8/h4-13H,3H2,1-2H3/t4-,5+,6-,7+,8-,9-,10+,11-,12+,13-/m1/s1. The van der Waals surface area contributed by atoms with Gasteiger partial charge in [-0.05, 0) is 65.6 Å². The van der Waals surface area contributed by atoms with Crippen LogP contribution in [0.1, 0.15) is 6.42 Å². The molecule has 7 saturated carbocycles. The van der Waals surface area contributed by atoms with Crippen LogP contribution in [0.3, 0.4) is 0 Å². The molecule has 10 atom stereocenters. The monoisotopic (exact) mass is 274 g/mol. The van der Waals surface area contributed by atoms with Gasteiger partial charge in [0.15, 0.2) is 5.41 Å². The lowest BCUT2D eigenvalue weighted by Crippen LogP contribution is -2.46. The van der Waals surface area contributed by atoms with Crippen molar-refractivity contribution in [1.29, 1.82) is 0 Å². The second-order valence-corrected chi connectivity index (χ2v) is 7.93. The van der Waals surface area contributed by atoms with E-state index in [4.69, 9.17) is 9.47 Å². The smallest absolute Gasteiger partial charge is 0.323 e. The third-order valence-corrected chi connectivity index (χ3v) is 8.50. The first kappa shape index (κ1) is 10.6. The summed E-state index contributed by atoms with van der Waals surface area (Å²) in [5.41, 5.74) is -0.939. The maximum Gasteiger partial charge on any atom is 0.323 e. The van der Waals surface area contributed by atoms with E-state index in [1.807, 2.05) is 0 Å². The third-order valence-electron chi connectivity index (χ3n) is 8.50. The molecule has 0 unspecified atom stereocenters. The van der Waals surface area contributed by atoms with Gasteiger partial charge in [0.05, 0.1) is 14.2 Å². The first-order chi connectivity index (χ1) is 9.69. The van der Waals surface area contributed by atoms with E-state index >= 15 is 0 Å². The number of esters is 2. The summed E-state index contributed by atoms with van der Waals surface area (Å²) < 4.78 is 10.2. The molecule has 0 N–H and O–H groups in total. The molecule has 106 valence electrons. The molecular weight excluding hydrogens is 256 g/mol. The van der Waals surface area contributed by atoms with Gasteiger partial charge >= 0.3 is 11.9 Å². The van der Waals surface area contributed by atoms with Crippen molar-refractivity contribution in [3.05, 3.63) is 0 Å². The van der Waals surface area contributed by atoms with E-state index in [1.54, 1.807) is 0 Å². The summed E-state index contributed by atoms with van der Waals surface area (Å²) in [6.07, 6.45) is 1.38. The van der Waals surface area contributed by atoms with Crippen LogP contribution in [0, 0.1) is 64.6 Å². The fraction of sp³-hybridized carbons (Fsp3) is 0.875. The summed E-state index contributed by atoms with van der Waals surface area (Å²) in [4.78, 5) is 25.3. The molecule has 4 heteroatoms. The molecule has 0 saturated heterocycles. The summed E-state index contributed by atoms with van der Waals surface area (Å²) in [5, 5.41) is 0. The maximum absolute atomic E-state index is 12.6. The minimum Gasteiger partial charge on any atom is -0.468 e. The van der Waals surface area contributed by atoms with Gasteiger partial charge in [0.25, 0.3) is 0 Å². The Balaban J connectivity index is 1.62. The van der Waals surface area contributed by atoms with Gasteiger partial charge in [-0.2, -0.15) is 0 Å². The first-order valence-electron chi connectivity index (χ1n) is 7.86. The average Bonchev–Trinajstić information content (AvgIpc) is 3.08. The van der Waals surface area contributed by atoms with Gasteiger partial charge in [0.2, 0.25) is 0 Å². The van der Waals surface area contributed by atoms with Crippen molar-refractivity contribution in [3.63, 3.8) is 0 Å². The van der Waals surface area contributed by atoms with Crippen molar-refractivity contribution in [2.24, 2.45) is 64.6 Å². The second-order valence-electron chi connectivity index (χ2n) is 7.93. The Morgan fingerprint density at radius 3 is 1.65 bits per heavy atom. The predicted octanol–water partition coefficient (Wildman–Crippen LogP) is 0.952. The molecule has 7 rings (SSSR count). The number of carbonyl (C=O) groups excluding carboxylic acids is 2. The van der Waals surface area contributed by atoms with Crippen molar-refractivity contribution < 1.29 is 19.1 Å². The van der Waals surface area contributed by atoms with E-state index in [1.165, 1.54) is 20.6 Å². The van der Waals surface area contributed by atoms with Crippen LogP contribution in [0.2, 0.25) is 0 Å². The molecule has 0 aliphatic heterocycles. The van der Waals surface area contributed by atoms with Crippen LogP contribution >= 0.6 is 0 Å². The molecule has 4 bridgehead atoms. The van der Waals surface area contributed by atoms with Crippen LogP contribution in [0.15, 0.2) is 0 Å². The highest BCUT2D eigenvalue weighted by molar-refractivity contribution is 6.02. The maximum atomic E-state index is 12.6. The quantitative estimate of drug-likeness (QED) is 0.556. The van der Waals surface area contributed by atoms with Gasteiger partial charge in [-0.25, -0.2) is 0 Å². The highest BCUT2D eigenvalue weighted by atomic mass is 16.5. The summed E-state index contributed by atoms with van der Waals surface area (Å²) >= 11 is 0. The van der Waals surface area contributed by atoms with Crippen LogP contribution in [-0.4, -0.2) is 26.2 Å². The average molecular weight is 274 g/mol. The van der Waals surface area contributed by atoms with Crippen LogP contribution < -0.4 is 0 Å². The zero-order valence-corrected chi connectivity index (χ0v) is 11.6. The van der Waals surface area contributed by atoms with Crippen molar-refractivity contribution in [3.8, 4) is 0 Å². The van der Waals surface area contributed by atoms with Crippen molar-refractivity contribution in [2.45, 2.75) is 6.42 Å². The van der Waals surface area contributed by atoms with Gasteiger partial charge in [-0.3, -0.25) is 9.59 Å². The topological polar surface area (TPSA) is 52.6 Å². The Bertz CT molecular complexity index is 529. The van der Waals surface area contributed by atoms with E-state index in [0.29, 0.717) is 23.7 Å². The molecule has 7 aliphatic rings. The Kier molecular flexibility index (Phi) is 1.42. The number of rotatable bonds is 2. The van der Waals surface area contributed by atoms with Crippen molar-refractivity contribution in [2.75, 3.05) is 14.2 Å². The summed E-state index contributed by atoms with van der Waals surface area (Å²) in [6, 6.07) is 0. The Hall–Kier alpha value is -1.06. The summed E-state index contributed by atoms with van der Waals surface area (Å²) in [6.45, 7) is 0. The van der Waals surface area contributed by atoms with Gasteiger partial charge in [0.1, 0.15) is 0 Å². The van der Waals surface area contributed by atoms with Crippen LogP contribution in [-0.2, 0) is 19.1 Å². The zero-order chi connectivity index (χ0) is 13.5. The number of hydrogen-bond donors (Lipinski definition) is 0. The van der Waals surface area contributed by atoms with E-state index in [9.17, 15) is 9.59 Å². The molecule has 0 aromatic rings. The minimum atomic E-state index is -0.939. The molecule has 0 radical (unpaired) electrons. The van der Waals surface area contributed by atoms with E-state index < -0.39 is 5.41 Å². The molecule has 0 spiro atoms. The van der Waals surface area contributed by atoms with E-state index in [2.05, 4.69) is 0 Å². The van der Waals surface area contributed by atoms with Crippen LogP contribution in [0.25, 0.3) is 0 Å². The van der Waals surface area contributed by atoms with Gasteiger partial charge in [-0.15, -0.1) is 0 Å². The number of ether oxygens (including phenoxy) is 2. The van der Waals surface area contributed by atoms with Crippen molar-refractivity contribution >= 4 is 11.9 Å². The Morgan fingerprint density at radius 2 is 1.25 bits per heavy atom. The summed E-state index contributed by atoms with van der Waals surface area (Å²) in [7, 11) is 2.84. The molecule has 0 heterocycles. The lowest BCUT2D eigenvalue weighted by Gasteiger charge is -2.44. The third kappa shape index (κ3) is 0.626. The van der Waals surface area contributed by atoms with Crippen LogP contribution in [0.5, 0.6) is 0 Å². The molecule has 20 heavy (non-hydrogen) atoms. The fourth-order valence-electron chi connectivity index (χ4n) is 8.93. The molecule has 0 aromatic heterocycles. The van der Waals surface area contributed by atoms with E-state index in [-0.39, 0.29) is 23.8 Å². The lowest BCUT2D eigenvalue weighted by atomic mass is 9.60. The molecule has 7 fully saturated rings. The van der Waals surface area contributed by atoms with Gasteiger partial charge in [-0.1, -0.05) is 0 Å². The molecule has 0 aromatic carbocycles. The van der Waals surface area contributed by atoms with Gasteiger partial charge < -0.3 is 9.47 Å². The minimum absolute atomic E-state index is 0.237. The van der Waals surface area contributed by atoms with Gasteiger partial charge in [0, 0.05) is 0 Å². The Morgan fingerprint density at radius 1 is 0.800 bits per heavy atom. The highest BCUT2D eigenvalue weighted by Crippen LogP contribution is 2.94. The molecule has 7 aliphatic carbocycles. The highest BCUT2D eigenvalue weighted by Gasteiger charge is 2.95. The molecular formula is C16H18O4. The predicted molar refractivity (Wildman–Crippen MR) is 66.0 cm³/mol. The normalized spacial score (nSPS) is 63.1. The SMILES string of the molecule is COC(=O)C1(C(=O)OC)[C@@H]2[C@H]3[C@@H]4[C@H]5C[C@H]6[C@@H]4[C@H]3[C@H]1[C@H]6[C@@H]52. The number of methoxy groups -OCH3 is 2. The first-order valence-corrected chi connectivity index (χ1v) is 7.86.